The van der Waals surface area contributed by atoms with Gasteiger partial charge in [-0.25, -0.2) is 0 Å². The fourth-order valence-electron chi connectivity index (χ4n) is 7.76. The van der Waals surface area contributed by atoms with Gasteiger partial charge in [-0.2, -0.15) is 0 Å². The van der Waals surface area contributed by atoms with E-state index >= 15 is 0 Å². The molecule has 0 spiro atoms. The van der Waals surface area contributed by atoms with Crippen LogP contribution in [0.1, 0.15) is 181 Å². The van der Waals surface area contributed by atoms with Crippen molar-refractivity contribution in [1.29, 1.82) is 0 Å². The van der Waals surface area contributed by atoms with Crippen molar-refractivity contribution in [2.75, 3.05) is 33.0 Å². The van der Waals surface area contributed by atoms with Crippen LogP contribution in [0.4, 0.5) is 0 Å². The van der Waals surface area contributed by atoms with Crippen molar-refractivity contribution in [3.05, 3.63) is 12.2 Å². The Morgan fingerprint density at radius 2 is 1.00 bits per heavy atom. The first-order valence-corrected chi connectivity index (χ1v) is 24.3. The Kier molecular flexibility index (Phi) is 33.0. The molecule has 61 heavy (non-hydrogen) atoms. The predicted molar refractivity (Wildman–Crippen MR) is 234 cm³/mol. The van der Waals surface area contributed by atoms with Crippen molar-refractivity contribution < 1.29 is 69.0 Å². The number of carbonyl (C=O) groups is 1. The second-order valence-corrected chi connectivity index (χ2v) is 17.3. The van der Waals surface area contributed by atoms with Crippen LogP contribution < -0.4 is 0 Å². The van der Waals surface area contributed by atoms with Gasteiger partial charge in [0.15, 0.2) is 12.6 Å². The Hall–Kier alpha value is -1.27. The molecule has 14 heteroatoms. The van der Waals surface area contributed by atoms with Gasteiger partial charge in [0, 0.05) is 13.0 Å². The summed E-state index contributed by atoms with van der Waals surface area (Å²) in [6.45, 7) is 3.63. The SMILES string of the molecule is CCC/C=C\CCCCCCCCOCC(COC1OC(COC2OC(CO)C(O)C(O)C2O)C(O)C(O)C1O)OC(=O)CCCCCCCCCCCCCCCCCC. The highest BCUT2D eigenvalue weighted by Crippen LogP contribution is 2.26. The van der Waals surface area contributed by atoms with Crippen LogP contribution in [0, 0.1) is 0 Å². The van der Waals surface area contributed by atoms with Crippen LogP contribution >= 0.6 is 0 Å². The van der Waals surface area contributed by atoms with Gasteiger partial charge in [0.25, 0.3) is 0 Å². The van der Waals surface area contributed by atoms with Gasteiger partial charge in [-0.3, -0.25) is 4.79 Å². The Morgan fingerprint density at radius 3 is 1.56 bits per heavy atom. The van der Waals surface area contributed by atoms with Gasteiger partial charge >= 0.3 is 5.97 Å². The maximum Gasteiger partial charge on any atom is 0.306 e. The lowest BCUT2D eigenvalue weighted by molar-refractivity contribution is -0.332. The van der Waals surface area contributed by atoms with E-state index in [1.807, 2.05) is 0 Å². The van der Waals surface area contributed by atoms with E-state index in [1.165, 1.54) is 103 Å². The summed E-state index contributed by atoms with van der Waals surface area (Å²) in [6.07, 6.45) is 18.5. The first kappa shape index (κ1) is 55.9. The van der Waals surface area contributed by atoms with E-state index in [-0.39, 0.29) is 25.6 Å². The largest absolute Gasteiger partial charge is 0.457 e. The molecule has 0 aromatic carbocycles. The highest BCUT2D eigenvalue weighted by atomic mass is 16.7. The molecular weight excluding hydrogens is 789 g/mol. The highest BCUT2D eigenvalue weighted by molar-refractivity contribution is 5.69. The van der Waals surface area contributed by atoms with Gasteiger partial charge in [-0.1, -0.05) is 154 Å². The van der Waals surface area contributed by atoms with Gasteiger partial charge in [-0.05, 0) is 32.1 Å². The number of unbranched alkanes of at least 4 members (excludes halogenated alkanes) is 22. The minimum absolute atomic E-state index is 0.0619. The van der Waals surface area contributed by atoms with Crippen molar-refractivity contribution in [3.8, 4) is 0 Å². The lowest BCUT2D eigenvalue weighted by atomic mass is 9.98. The molecule has 0 amide bonds. The van der Waals surface area contributed by atoms with Crippen LogP contribution in [0.15, 0.2) is 12.2 Å². The number of carbonyl (C=O) groups excluding carboxylic acids is 1. The van der Waals surface area contributed by atoms with Crippen LogP contribution in [0.5, 0.6) is 0 Å². The smallest absolute Gasteiger partial charge is 0.306 e. The van der Waals surface area contributed by atoms with Crippen molar-refractivity contribution in [3.63, 3.8) is 0 Å². The maximum atomic E-state index is 13.0. The molecule has 2 aliphatic rings. The molecule has 0 bridgehead atoms. The molecule has 0 saturated carbocycles. The lowest BCUT2D eigenvalue weighted by Gasteiger charge is -2.42. The Morgan fingerprint density at radius 1 is 0.525 bits per heavy atom. The zero-order valence-electron chi connectivity index (χ0n) is 37.9. The zero-order valence-corrected chi connectivity index (χ0v) is 37.9. The van der Waals surface area contributed by atoms with Crippen LogP contribution in [0.25, 0.3) is 0 Å². The molecule has 2 aliphatic heterocycles. The average molecular weight is 877 g/mol. The van der Waals surface area contributed by atoms with Gasteiger partial charge < -0.3 is 64.2 Å². The Bertz CT molecular complexity index is 1060. The number of ether oxygens (including phenoxy) is 6. The second-order valence-electron chi connectivity index (χ2n) is 17.3. The number of aliphatic hydroxyl groups excluding tert-OH is 7. The van der Waals surface area contributed by atoms with Crippen LogP contribution in [0.2, 0.25) is 0 Å². The van der Waals surface area contributed by atoms with Crippen LogP contribution in [-0.2, 0) is 33.2 Å². The minimum Gasteiger partial charge on any atom is -0.457 e. The molecule has 0 aromatic rings. The first-order chi connectivity index (χ1) is 29.6. The Balaban J connectivity index is 1.78. The molecule has 14 nitrogen and oxygen atoms in total. The molecule has 2 fully saturated rings. The summed E-state index contributed by atoms with van der Waals surface area (Å²) >= 11 is 0. The van der Waals surface area contributed by atoms with Crippen LogP contribution in [-0.4, -0.2) is 142 Å². The molecule has 2 heterocycles. The summed E-state index contributed by atoms with van der Waals surface area (Å²) < 4.78 is 34.2. The van der Waals surface area contributed by atoms with E-state index in [0.717, 1.165) is 51.4 Å². The van der Waals surface area contributed by atoms with Gasteiger partial charge in [0.1, 0.15) is 54.9 Å². The molecule has 11 unspecified atom stereocenters. The van der Waals surface area contributed by atoms with Crippen molar-refractivity contribution in [1.82, 2.24) is 0 Å². The number of rotatable bonds is 38. The first-order valence-electron chi connectivity index (χ1n) is 24.3. The van der Waals surface area contributed by atoms with Crippen molar-refractivity contribution in [2.24, 2.45) is 0 Å². The van der Waals surface area contributed by atoms with E-state index < -0.39 is 80.7 Å². The van der Waals surface area contributed by atoms with Crippen LogP contribution in [0.3, 0.4) is 0 Å². The van der Waals surface area contributed by atoms with Crippen molar-refractivity contribution in [2.45, 2.75) is 248 Å². The molecule has 0 aliphatic carbocycles. The molecule has 11 atom stereocenters. The van der Waals surface area contributed by atoms with E-state index in [1.54, 1.807) is 0 Å². The molecular formula is C47H88O14. The summed E-state index contributed by atoms with van der Waals surface area (Å²) in [5.41, 5.74) is 0. The van der Waals surface area contributed by atoms with E-state index in [0.29, 0.717) is 13.0 Å². The number of aliphatic hydroxyl groups is 7. The summed E-state index contributed by atoms with van der Waals surface area (Å²) in [6, 6.07) is 0. The second kappa shape index (κ2) is 36.0. The normalized spacial score (nSPS) is 27.5. The summed E-state index contributed by atoms with van der Waals surface area (Å²) in [5, 5.41) is 71.9. The third-order valence-electron chi connectivity index (χ3n) is 11.8. The topological polar surface area (TPSA) is 214 Å². The fourth-order valence-corrected chi connectivity index (χ4v) is 7.76. The summed E-state index contributed by atoms with van der Waals surface area (Å²) in [7, 11) is 0. The molecule has 360 valence electrons. The third-order valence-corrected chi connectivity index (χ3v) is 11.8. The standard InChI is InChI=1S/C47H88O14/c1-3-5-7-9-11-13-15-16-17-18-19-20-22-24-26-28-30-39(49)59-36(33-56-31-29-27-25-23-21-14-12-10-8-6-4-2)34-57-46-45(55)43(53)41(51)38(61-46)35-58-47-44(54)42(52)40(50)37(32-48)60-47/h8,10,36-38,40-48,50-55H,3-7,9,11-35H2,1-2H3/b10-8-. The number of hydrogen-bond acceptors (Lipinski definition) is 14. The van der Waals surface area contributed by atoms with Gasteiger partial charge in [0.05, 0.1) is 26.4 Å². The highest BCUT2D eigenvalue weighted by Gasteiger charge is 2.47. The average Bonchev–Trinajstić information content (AvgIpc) is 3.25. The molecule has 2 saturated heterocycles. The minimum atomic E-state index is -1.70. The predicted octanol–water partition coefficient (Wildman–Crippen LogP) is 6.29. The summed E-state index contributed by atoms with van der Waals surface area (Å²) in [4.78, 5) is 13.0. The third kappa shape index (κ3) is 24.6. The monoisotopic (exact) mass is 877 g/mol. The van der Waals surface area contributed by atoms with Gasteiger partial charge in [-0.15, -0.1) is 0 Å². The molecule has 7 N–H and O–H groups in total. The zero-order chi connectivity index (χ0) is 44.5. The summed E-state index contributed by atoms with van der Waals surface area (Å²) in [5.74, 6) is -0.376. The number of esters is 1. The lowest BCUT2D eigenvalue weighted by Crippen LogP contribution is -2.61. The fraction of sp³-hybridized carbons (Fsp3) is 0.936. The maximum absolute atomic E-state index is 13.0. The Labute approximate surface area is 367 Å². The van der Waals surface area contributed by atoms with E-state index in [2.05, 4.69) is 26.0 Å². The molecule has 0 radical (unpaired) electrons. The van der Waals surface area contributed by atoms with E-state index in [4.69, 9.17) is 28.4 Å². The molecule has 0 aromatic heterocycles. The molecule has 2 rings (SSSR count). The van der Waals surface area contributed by atoms with Crippen molar-refractivity contribution >= 4 is 5.97 Å². The number of hydrogen-bond donors (Lipinski definition) is 7. The van der Waals surface area contributed by atoms with Gasteiger partial charge in [0.2, 0.25) is 0 Å². The van der Waals surface area contributed by atoms with E-state index in [9.17, 15) is 40.5 Å². The number of allylic oxidation sites excluding steroid dienone is 2. The quantitative estimate of drug-likeness (QED) is 0.0206.